The number of methoxy groups -OCH3 is 1. The van der Waals surface area contributed by atoms with Gasteiger partial charge in [-0.3, -0.25) is 4.99 Å². The molecule has 4 nitrogen and oxygen atoms in total. The summed E-state index contributed by atoms with van der Waals surface area (Å²) >= 11 is 12.1. The van der Waals surface area contributed by atoms with Crippen LogP contribution in [0.1, 0.15) is 25.3 Å². The second-order valence-electron chi connectivity index (χ2n) is 6.13. The molecule has 0 spiro atoms. The standard InChI is InChI=1S/C18H27Cl2N3O/c1-3-21-18(23-10-8-14(12-23)13-24-2)22-9-4-5-15-6-7-16(19)11-17(15)20/h6-7,11,14H,3-5,8-10,12-13H2,1-2H3,(H,21,22). The van der Waals surface area contributed by atoms with Gasteiger partial charge in [0.2, 0.25) is 0 Å². The van der Waals surface area contributed by atoms with E-state index in [0.717, 1.165) is 62.2 Å². The van der Waals surface area contributed by atoms with Crippen molar-refractivity contribution in [1.29, 1.82) is 0 Å². The number of benzene rings is 1. The number of aryl methyl sites for hydroxylation is 1. The maximum atomic E-state index is 6.22. The summed E-state index contributed by atoms with van der Waals surface area (Å²) in [7, 11) is 1.77. The maximum absolute atomic E-state index is 6.22. The lowest BCUT2D eigenvalue weighted by atomic mass is 10.1. The first-order chi connectivity index (χ1) is 11.6. The van der Waals surface area contributed by atoms with E-state index >= 15 is 0 Å². The fourth-order valence-corrected chi connectivity index (χ4v) is 3.50. The molecular formula is C18H27Cl2N3O. The first-order valence-electron chi connectivity index (χ1n) is 8.60. The van der Waals surface area contributed by atoms with Gasteiger partial charge in [0.05, 0.1) is 6.61 Å². The summed E-state index contributed by atoms with van der Waals surface area (Å²) in [6.07, 6.45) is 3.04. The summed E-state index contributed by atoms with van der Waals surface area (Å²) in [5, 5.41) is 4.81. The lowest BCUT2D eigenvalue weighted by molar-refractivity contribution is 0.157. The van der Waals surface area contributed by atoms with E-state index in [9.17, 15) is 0 Å². The van der Waals surface area contributed by atoms with Crippen molar-refractivity contribution in [3.63, 3.8) is 0 Å². The molecule has 1 aromatic rings. The van der Waals surface area contributed by atoms with E-state index in [1.165, 1.54) is 6.42 Å². The smallest absolute Gasteiger partial charge is 0.193 e. The highest BCUT2D eigenvalue weighted by atomic mass is 35.5. The average molecular weight is 372 g/mol. The summed E-state index contributed by atoms with van der Waals surface area (Å²) in [4.78, 5) is 7.11. The van der Waals surface area contributed by atoms with Crippen LogP contribution in [0.15, 0.2) is 23.2 Å². The molecule has 1 aliphatic heterocycles. The van der Waals surface area contributed by atoms with Crippen molar-refractivity contribution in [3.8, 4) is 0 Å². The molecule has 1 aliphatic rings. The Morgan fingerprint density at radius 2 is 2.25 bits per heavy atom. The van der Waals surface area contributed by atoms with E-state index in [-0.39, 0.29) is 0 Å². The fourth-order valence-electron chi connectivity index (χ4n) is 3.00. The molecule has 24 heavy (non-hydrogen) atoms. The van der Waals surface area contributed by atoms with Crippen molar-refractivity contribution in [2.75, 3.05) is 39.9 Å². The van der Waals surface area contributed by atoms with Crippen molar-refractivity contribution >= 4 is 29.2 Å². The Bertz CT molecular complexity index is 551. The number of halogens is 2. The predicted molar refractivity (Wildman–Crippen MR) is 102 cm³/mol. The van der Waals surface area contributed by atoms with Crippen LogP contribution < -0.4 is 5.32 Å². The molecule has 1 atom stereocenters. The normalized spacial score (nSPS) is 18.2. The van der Waals surface area contributed by atoms with Gasteiger partial charge in [-0.15, -0.1) is 0 Å². The number of hydrogen-bond donors (Lipinski definition) is 1. The first kappa shape index (κ1) is 19.4. The van der Waals surface area contributed by atoms with Crippen LogP contribution in [0.5, 0.6) is 0 Å². The van der Waals surface area contributed by atoms with Gasteiger partial charge in [-0.2, -0.15) is 0 Å². The molecule has 2 rings (SSSR count). The summed E-state index contributed by atoms with van der Waals surface area (Å²) in [6, 6.07) is 5.68. The maximum Gasteiger partial charge on any atom is 0.193 e. The predicted octanol–water partition coefficient (Wildman–Crippen LogP) is 3.86. The van der Waals surface area contributed by atoms with E-state index in [1.807, 2.05) is 12.1 Å². The summed E-state index contributed by atoms with van der Waals surface area (Å²) in [5.74, 6) is 1.62. The molecule has 1 unspecified atom stereocenters. The SMILES string of the molecule is CCNC(=NCCCc1ccc(Cl)cc1Cl)N1CCC(COC)C1. The Hall–Kier alpha value is -0.970. The van der Waals surface area contributed by atoms with Crippen LogP contribution in [0.3, 0.4) is 0 Å². The molecule has 0 aromatic heterocycles. The van der Waals surface area contributed by atoms with Gasteiger partial charge in [-0.25, -0.2) is 0 Å². The quantitative estimate of drug-likeness (QED) is 0.449. The minimum absolute atomic E-state index is 0.603. The van der Waals surface area contributed by atoms with E-state index in [4.69, 9.17) is 32.9 Å². The fraction of sp³-hybridized carbons (Fsp3) is 0.611. The first-order valence-corrected chi connectivity index (χ1v) is 9.35. The molecule has 1 heterocycles. The largest absolute Gasteiger partial charge is 0.384 e. The molecule has 1 N–H and O–H groups in total. The minimum atomic E-state index is 0.603. The third kappa shape index (κ3) is 5.83. The molecule has 1 fully saturated rings. The van der Waals surface area contributed by atoms with E-state index in [1.54, 1.807) is 13.2 Å². The summed E-state index contributed by atoms with van der Waals surface area (Å²) < 4.78 is 5.27. The zero-order valence-electron chi connectivity index (χ0n) is 14.5. The highest BCUT2D eigenvalue weighted by Crippen LogP contribution is 2.22. The van der Waals surface area contributed by atoms with Gasteiger partial charge in [0.15, 0.2) is 5.96 Å². The molecule has 0 amide bonds. The second kappa shape index (κ2) is 10.1. The number of nitrogens with one attached hydrogen (secondary N) is 1. The Kier molecular flexibility index (Phi) is 8.16. The van der Waals surface area contributed by atoms with E-state index < -0.39 is 0 Å². The number of likely N-dealkylation sites (tertiary alicyclic amines) is 1. The van der Waals surface area contributed by atoms with Crippen LogP contribution in [0.25, 0.3) is 0 Å². The number of guanidine groups is 1. The second-order valence-corrected chi connectivity index (χ2v) is 6.97. The molecule has 0 saturated carbocycles. The van der Waals surface area contributed by atoms with Crippen LogP contribution in [0, 0.1) is 5.92 Å². The van der Waals surface area contributed by atoms with Gasteiger partial charge < -0.3 is 15.0 Å². The molecule has 0 radical (unpaired) electrons. The number of ether oxygens (including phenoxy) is 1. The van der Waals surface area contributed by atoms with Gasteiger partial charge in [0.1, 0.15) is 0 Å². The van der Waals surface area contributed by atoms with Crippen LogP contribution in [-0.4, -0.2) is 50.8 Å². The molecule has 134 valence electrons. The van der Waals surface area contributed by atoms with Crippen molar-refractivity contribution in [3.05, 3.63) is 33.8 Å². The Morgan fingerprint density at radius 3 is 2.96 bits per heavy atom. The van der Waals surface area contributed by atoms with Gasteiger partial charge in [0, 0.05) is 49.3 Å². The molecule has 1 aromatic carbocycles. The zero-order chi connectivity index (χ0) is 17.4. The lowest BCUT2D eigenvalue weighted by Crippen LogP contribution is -2.40. The zero-order valence-corrected chi connectivity index (χ0v) is 16.0. The minimum Gasteiger partial charge on any atom is -0.384 e. The number of rotatable bonds is 7. The van der Waals surface area contributed by atoms with Crippen LogP contribution in [0.2, 0.25) is 10.0 Å². The molecule has 0 bridgehead atoms. The Labute approximate surface area is 155 Å². The van der Waals surface area contributed by atoms with E-state index in [0.29, 0.717) is 10.9 Å². The van der Waals surface area contributed by atoms with Gasteiger partial charge >= 0.3 is 0 Å². The molecule has 6 heteroatoms. The Morgan fingerprint density at radius 1 is 1.42 bits per heavy atom. The van der Waals surface area contributed by atoms with Crippen molar-refractivity contribution < 1.29 is 4.74 Å². The molecular weight excluding hydrogens is 345 g/mol. The molecule has 1 saturated heterocycles. The topological polar surface area (TPSA) is 36.9 Å². The van der Waals surface area contributed by atoms with Crippen LogP contribution in [0.4, 0.5) is 0 Å². The average Bonchev–Trinajstić information content (AvgIpc) is 3.01. The monoisotopic (exact) mass is 371 g/mol. The molecule has 0 aliphatic carbocycles. The third-order valence-electron chi connectivity index (χ3n) is 4.20. The number of aliphatic imine (C=N–C) groups is 1. The van der Waals surface area contributed by atoms with E-state index in [2.05, 4.69) is 17.1 Å². The van der Waals surface area contributed by atoms with Gasteiger partial charge in [-0.05, 0) is 43.9 Å². The third-order valence-corrected chi connectivity index (χ3v) is 4.79. The summed E-state index contributed by atoms with van der Waals surface area (Å²) in [6.45, 7) is 6.66. The number of nitrogens with zero attached hydrogens (tertiary/aromatic N) is 2. The Balaban J connectivity index is 1.85. The van der Waals surface area contributed by atoms with Crippen molar-refractivity contribution in [2.24, 2.45) is 10.9 Å². The van der Waals surface area contributed by atoms with Gasteiger partial charge in [-0.1, -0.05) is 29.3 Å². The highest BCUT2D eigenvalue weighted by molar-refractivity contribution is 6.35. The lowest BCUT2D eigenvalue weighted by Gasteiger charge is -2.21. The van der Waals surface area contributed by atoms with Crippen molar-refractivity contribution in [2.45, 2.75) is 26.2 Å². The highest BCUT2D eigenvalue weighted by Gasteiger charge is 2.24. The van der Waals surface area contributed by atoms with Crippen molar-refractivity contribution in [1.82, 2.24) is 10.2 Å². The van der Waals surface area contributed by atoms with Crippen LogP contribution in [-0.2, 0) is 11.2 Å². The van der Waals surface area contributed by atoms with Crippen LogP contribution >= 0.6 is 23.2 Å². The van der Waals surface area contributed by atoms with Gasteiger partial charge in [0.25, 0.3) is 0 Å². The number of hydrogen-bond acceptors (Lipinski definition) is 2. The summed E-state index contributed by atoms with van der Waals surface area (Å²) in [5.41, 5.74) is 1.13.